The first-order valence-corrected chi connectivity index (χ1v) is 8.50. The van der Waals surface area contributed by atoms with Crippen molar-refractivity contribution in [3.8, 4) is 0 Å². The quantitative estimate of drug-likeness (QED) is 0.853. The lowest BCUT2D eigenvalue weighted by Gasteiger charge is -2.16. The summed E-state index contributed by atoms with van der Waals surface area (Å²) < 4.78 is 0. The molecular formula is C18H26N4. The third-order valence-electron chi connectivity index (χ3n) is 4.68. The minimum atomic E-state index is 0.848. The molecule has 3 rings (SSSR count). The Morgan fingerprint density at radius 1 is 1.18 bits per heavy atom. The molecule has 118 valence electrons. The SMILES string of the molecule is CCc1n[nH]nc1CCC[C@H]1CCN(Cc2ccccc2)C1. The molecule has 1 aliphatic rings. The molecule has 1 fully saturated rings. The minimum Gasteiger partial charge on any atom is -0.299 e. The van der Waals surface area contributed by atoms with Gasteiger partial charge in [-0.2, -0.15) is 15.4 Å². The fraction of sp³-hybridized carbons (Fsp3) is 0.556. The predicted molar refractivity (Wildman–Crippen MR) is 88.5 cm³/mol. The molecule has 4 nitrogen and oxygen atoms in total. The van der Waals surface area contributed by atoms with E-state index in [1.807, 2.05) is 0 Å². The Labute approximate surface area is 132 Å². The van der Waals surface area contributed by atoms with Crippen molar-refractivity contribution in [1.29, 1.82) is 0 Å². The summed E-state index contributed by atoms with van der Waals surface area (Å²) in [5, 5.41) is 11.2. The lowest BCUT2D eigenvalue weighted by molar-refractivity contribution is 0.312. The third-order valence-corrected chi connectivity index (χ3v) is 4.68. The van der Waals surface area contributed by atoms with Crippen molar-refractivity contribution < 1.29 is 0 Å². The second kappa shape index (κ2) is 7.54. The van der Waals surface area contributed by atoms with Crippen LogP contribution in [0.1, 0.15) is 43.1 Å². The summed E-state index contributed by atoms with van der Waals surface area (Å²) in [5.41, 5.74) is 3.73. The van der Waals surface area contributed by atoms with E-state index in [-0.39, 0.29) is 0 Å². The fourth-order valence-corrected chi connectivity index (χ4v) is 3.45. The molecular weight excluding hydrogens is 272 g/mol. The van der Waals surface area contributed by atoms with Gasteiger partial charge in [0.05, 0.1) is 11.4 Å². The Kier molecular flexibility index (Phi) is 5.22. The van der Waals surface area contributed by atoms with Crippen LogP contribution in [0.4, 0.5) is 0 Å². The number of H-pyrrole nitrogens is 1. The summed E-state index contributed by atoms with van der Waals surface area (Å²) >= 11 is 0. The first-order chi connectivity index (χ1) is 10.8. The standard InChI is InChI=1S/C18H26N4/c1-2-17-18(20-21-19-17)10-6-9-16-11-12-22(14-16)13-15-7-4-3-5-8-15/h3-5,7-8,16H,2,6,9-14H2,1H3,(H,19,20,21)/t16-/m0/s1. The van der Waals surface area contributed by atoms with E-state index in [2.05, 4.69) is 57.6 Å². The average Bonchev–Trinajstić information content (AvgIpc) is 3.18. The van der Waals surface area contributed by atoms with Crippen molar-refractivity contribution in [2.75, 3.05) is 13.1 Å². The van der Waals surface area contributed by atoms with Crippen molar-refractivity contribution in [3.63, 3.8) is 0 Å². The van der Waals surface area contributed by atoms with Crippen LogP contribution < -0.4 is 0 Å². The number of hydrogen-bond acceptors (Lipinski definition) is 3. The number of nitrogens with zero attached hydrogens (tertiary/aromatic N) is 3. The monoisotopic (exact) mass is 298 g/mol. The van der Waals surface area contributed by atoms with Crippen LogP contribution in [0.5, 0.6) is 0 Å². The number of nitrogens with one attached hydrogen (secondary N) is 1. The molecule has 2 aromatic rings. The van der Waals surface area contributed by atoms with Gasteiger partial charge >= 0.3 is 0 Å². The van der Waals surface area contributed by atoms with Crippen molar-refractivity contribution in [2.45, 2.75) is 45.6 Å². The van der Waals surface area contributed by atoms with E-state index >= 15 is 0 Å². The highest BCUT2D eigenvalue weighted by Crippen LogP contribution is 2.23. The van der Waals surface area contributed by atoms with Gasteiger partial charge in [-0.3, -0.25) is 4.90 Å². The smallest absolute Gasteiger partial charge is 0.0856 e. The maximum absolute atomic E-state index is 4.28. The van der Waals surface area contributed by atoms with Crippen LogP contribution in [-0.2, 0) is 19.4 Å². The molecule has 1 atom stereocenters. The summed E-state index contributed by atoms with van der Waals surface area (Å²) in [7, 11) is 0. The normalized spacial score (nSPS) is 18.9. The number of aromatic nitrogens is 3. The molecule has 4 heteroatoms. The summed E-state index contributed by atoms with van der Waals surface area (Å²) in [6.07, 6.45) is 5.91. The lowest BCUT2D eigenvalue weighted by Crippen LogP contribution is -2.20. The Balaban J connectivity index is 1.40. The van der Waals surface area contributed by atoms with Crippen LogP contribution in [0.25, 0.3) is 0 Å². The van der Waals surface area contributed by atoms with Gasteiger partial charge < -0.3 is 0 Å². The second-order valence-corrected chi connectivity index (χ2v) is 6.34. The number of rotatable bonds is 7. The van der Waals surface area contributed by atoms with Gasteiger partial charge in [0.2, 0.25) is 0 Å². The molecule has 0 radical (unpaired) electrons. The first kappa shape index (κ1) is 15.2. The molecule has 0 unspecified atom stereocenters. The molecule has 0 spiro atoms. The van der Waals surface area contributed by atoms with Crippen LogP contribution in [0, 0.1) is 5.92 Å². The highest BCUT2D eigenvalue weighted by atomic mass is 15.3. The molecule has 1 aliphatic heterocycles. The van der Waals surface area contributed by atoms with E-state index in [1.165, 1.54) is 43.6 Å². The van der Waals surface area contributed by atoms with Crippen LogP contribution >= 0.6 is 0 Å². The van der Waals surface area contributed by atoms with Crippen molar-refractivity contribution in [3.05, 3.63) is 47.3 Å². The number of likely N-dealkylation sites (tertiary alicyclic amines) is 1. The van der Waals surface area contributed by atoms with E-state index in [4.69, 9.17) is 0 Å². The minimum absolute atomic E-state index is 0.848. The molecule has 1 N–H and O–H groups in total. The maximum atomic E-state index is 4.28. The van der Waals surface area contributed by atoms with Crippen LogP contribution in [-0.4, -0.2) is 33.4 Å². The largest absolute Gasteiger partial charge is 0.299 e. The van der Waals surface area contributed by atoms with E-state index in [0.717, 1.165) is 31.0 Å². The molecule has 2 heterocycles. The number of aryl methyl sites for hydroxylation is 2. The average molecular weight is 298 g/mol. The highest BCUT2D eigenvalue weighted by molar-refractivity contribution is 5.14. The highest BCUT2D eigenvalue weighted by Gasteiger charge is 2.22. The van der Waals surface area contributed by atoms with Gasteiger partial charge in [-0.15, -0.1) is 0 Å². The fourth-order valence-electron chi connectivity index (χ4n) is 3.45. The number of aromatic amines is 1. The zero-order chi connectivity index (χ0) is 15.2. The molecule has 22 heavy (non-hydrogen) atoms. The van der Waals surface area contributed by atoms with Crippen molar-refractivity contribution >= 4 is 0 Å². The second-order valence-electron chi connectivity index (χ2n) is 6.34. The summed E-state index contributed by atoms with van der Waals surface area (Å²) in [6.45, 7) is 5.72. The van der Waals surface area contributed by atoms with Gasteiger partial charge in [0.1, 0.15) is 0 Å². The summed E-state index contributed by atoms with van der Waals surface area (Å²) in [5.74, 6) is 0.848. The van der Waals surface area contributed by atoms with E-state index in [1.54, 1.807) is 0 Å². The molecule has 0 bridgehead atoms. The molecule has 0 amide bonds. The topological polar surface area (TPSA) is 44.8 Å². The zero-order valence-corrected chi connectivity index (χ0v) is 13.5. The lowest BCUT2D eigenvalue weighted by atomic mass is 10.00. The maximum Gasteiger partial charge on any atom is 0.0856 e. The first-order valence-electron chi connectivity index (χ1n) is 8.50. The van der Waals surface area contributed by atoms with Gasteiger partial charge in [-0.25, -0.2) is 0 Å². The van der Waals surface area contributed by atoms with Gasteiger partial charge in [-0.1, -0.05) is 37.3 Å². The van der Waals surface area contributed by atoms with Crippen molar-refractivity contribution in [1.82, 2.24) is 20.3 Å². The third kappa shape index (κ3) is 3.95. The summed E-state index contributed by atoms with van der Waals surface area (Å²) in [4.78, 5) is 2.59. The summed E-state index contributed by atoms with van der Waals surface area (Å²) in [6, 6.07) is 10.8. The van der Waals surface area contributed by atoms with Gasteiger partial charge in [0, 0.05) is 13.1 Å². The van der Waals surface area contributed by atoms with E-state index < -0.39 is 0 Å². The van der Waals surface area contributed by atoms with E-state index in [0.29, 0.717) is 0 Å². The van der Waals surface area contributed by atoms with Crippen LogP contribution in [0.2, 0.25) is 0 Å². The van der Waals surface area contributed by atoms with Gasteiger partial charge in [0.25, 0.3) is 0 Å². The van der Waals surface area contributed by atoms with Crippen LogP contribution in [0.3, 0.4) is 0 Å². The number of hydrogen-bond donors (Lipinski definition) is 1. The Morgan fingerprint density at radius 3 is 2.82 bits per heavy atom. The molecule has 1 aromatic heterocycles. The molecule has 0 saturated carbocycles. The number of benzene rings is 1. The zero-order valence-electron chi connectivity index (χ0n) is 13.5. The Bertz CT molecular complexity index is 563. The van der Waals surface area contributed by atoms with Gasteiger partial charge in [0.15, 0.2) is 0 Å². The molecule has 1 saturated heterocycles. The Morgan fingerprint density at radius 2 is 2.00 bits per heavy atom. The predicted octanol–water partition coefficient (Wildman–Crippen LogP) is 3.21. The molecule has 0 aliphatic carbocycles. The van der Waals surface area contributed by atoms with Gasteiger partial charge in [-0.05, 0) is 50.1 Å². The Hall–Kier alpha value is -1.68. The van der Waals surface area contributed by atoms with Crippen molar-refractivity contribution in [2.24, 2.45) is 5.92 Å². The van der Waals surface area contributed by atoms with E-state index in [9.17, 15) is 0 Å². The van der Waals surface area contributed by atoms with Crippen LogP contribution in [0.15, 0.2) is 30.3 Å². The molecule has 1 aromatic carbocycles.